The summed E-state index contributed by atoms with van der Waals surface area (Å²) < 4.78 is 4.75. The minimum Gasteiger partial charge on any atom is -0.480 e. The highest BCUT2D eigenvalue weighted by atomic mass is 16.6. The molecule has 1 aromatic carbocycles. The number of amides is 1. The third-order valence-electron chi connectivity index (χ3n) is 2.41. The number of aliphatic carboxylic acids is 1. The largest absolute Gasteiger partial charge is 0.480 e. The Morgan fingerprint density at radius 3 is 2.70 bits per heavy atom. The molecule has 8 heteroatoms. The second kappa shape index (κ2) is 7.19. The minimum absolute atomic E-state index is 0.0497. The van der Waals surface area contributed by atoms with E-state index in [9.17, 15) is 19.7 Å². The van der Waals surface area contributed by atoms with Crippen LogP contribution in [0.25, 0.3) is 0 Å². The number of carboxylic acids is 1. The molecule has 1 amide bonds. The lowest BCUT2D eigenvalue weighted by atomic mass is 10.1. The number of benzene rings is 1. The SMILES string of the molecule is Cc1cc(C(=O)NCCOCC(=O)O)ccc1[N+](=O)[O-]. The molecule has 0 aromatic heterocycles. The summed E-state index contributed by atoms with van der Waals surface area (Å²) in [5.74, 6) is -1.48. The average molecular weight is 282 g/mol. The van der Waals surface area contributed by atoms with Crippen LogP contribution in [0.1, 0.15) is 15.9 Å². The van der Waals surface area contributed by atoms with E-state index < -0.39 is 23.4 Å². The molecular weight excluding hydrogens is 268 g/mol. The Balaban J connectivity index is 2.50. The number of nitrogens with one attached hydrogen (secondary N) is 1. The second-order valence-corrected chi connectivity index (χ2v) is 3.96. The number of carbonyl (C=O) groups excluding carboxylic acids is 1. The van der Waals surface area contributed by atoms with E-state index in [1.54, 1.807) is 6.92 Å². The Kier molecular flexibility index (Phi) is 5.60. The number of nitro groups is 1. The van der Waals surface area contributed by atoms with Gasteiger partial charge in [0, 0.05) is 23.7 Å². The Morgan fingerprint density at radius 1 is 1.45 bits per heavy atom. The van der Waals surface area contributed by atoms with Crippen LogP contribution in [0, 0.1) is 17.0 Å². The van der Waals surface area contributed by atoms with Crippen molar-refractivity contribution < 1.29 is 24.4 Å². The van der Waals surface area contributed by atoms with Gasteiger partial charge < -0.3 is 15.2 Å². The third kappa shape index (κ3) is 4.65. The van der Waals surface area contributed by atoms with Gasteiger partial charge in [-0.05, 0) is 19.1 Å². The number of rotatable bonds is 7. The summed E-state index contributed by atoms with van der Waals surface area (Å²) in [5.41, 5.74) is 0.641. The second-order valence-electron chi connectivity index (χ2n) is 3.96. The van der Waals surface area contributed by atoms with Crippen LogP contribution in [0.15, 0.2) is 18.2 Å². The topological polar surface area (TPSA) is 119 Å². The van der Waals surface area contributed by atoms with Crippen LogP contribution in [0.3, 0.4) is 0 Å². The first-order chi connectivity index (χ1) is 9.41. The van der Waals surface area contributed by atoms with Crippen LogP contribution in [-0.2, 0) is 9.53 Å². The lowest BCUT2D eigenvalue weighted by molar-refractivity contribution is -0.385. The molecule has 0 saturated carbocycles. The van der Waals surface area contributed by atoms with Gasteiger partial charge in [-0.1, -0.05) is 0 Å². The average Bonchev–Trinajstić information content (AvgIpc) is 2.37. The first kappa shape index (κ1) is 15.6. The Bertz CT molecular complexity index is 529. The van der Waals surface area contributed by atoms with Crippen LogP contribution in [-0.4, -0.2) is 41.7 Å². The van der Waals surface area contributed by atoms with Crippen molar-refractivity contribution in [1.82, 2.24) is 5.32 Å². The molecule has 0 saturated heterocycles. The summed E-state index contributed by atoms with van der Waals surface area (Å²) in [6.07, 6.45) is 0. The maximum atomic E-state index is 11.7. The monoisotopic (exact) mass is 282 g/mol. The number of ether oxygens (including phenoxy) is 1. The molecule has 108 valence electrons. The van der Waals surface area contributed by atoms with Crippen molar-refractivity contribution in [3.05, 3.63) is 39.4 Å². The van der Waals surface area contributed by atoms with Crippen molar-refractivity contribution in [2.45, 2.75) is 6.92 Å². The number of carbonyl (C=O) groups is 2. The minimum atomic E-state index is -1.08. The van der Waals surface area contributed by atoms with E-state index in [2.05, 4.69) is 5.32 Å². The lowest BCUT2D eigenvalue weighted by Gasteiger charge is -2.06. The van der Waals surface area contributed by atoms with Crippen molar-refractivity contribution >= 4 is 17.6 Å². The van der Waals surface area contributed by atoms with Crippen LogP contribution in [0.4, 0.5) is 5.69 Å². The number of aryl methyl sites for hydroxylation is 1. The normalized spacial score (nSPS) is 10.1. The fraction of sp³-hybridized carbons (Fsp3) is 0.333. The summed E-state index contributed by atoms with van der Waals surface area (Å²) >= 11 is 0. The number of hydrogen-bond donors (Lipinski definition) is 2. The molecular formula is C12H14N2O6. The Labute approximate surface area is 114 Å². The number of nitrogens with zero attached hydrogens (tertiary/aromatic N) is 1. The van der Waals surface area contributed by atoms with E-state index in [0.29, 0.717) is 11.1 Å². The van der Waals surface area contributed by atoms with Crippen molar-refractivity contribution in [2.75, 3.05) is 19.8 Å². The molecule has 1 aromatic rings. The maximum absolute atomic E-state index is 11.7. The van der Waals surface area contributed by atoms with E-state index >= 15 is 0 Å². The van der Waals surface area contributed by atoms with Crippen molar-refractivity contribution in [3.8, 4) is 0 Å². The zero-order valence-electron chi connectivity index (χ0n) is 10.8. The van der Waals surface area contributed by atoms with E-state index in [1.807, 2.05) is 0 Å². The molecule has 0 bridgehead atoms. The lowest BCUT2D eigenvalue weighted by Crippen LogP contribution is -2.28. The van der Waals surface area contributed by atoms with E-state index in [4.69, 9.17) is 9.84 Å². The predicted octanol–water partition coefficient (Wildman–Crippen LogP) is 0.734. The smallest absolute Gasteiger partial charge is 0.329 e. The van der Waals surface area contributed by atoms with Gasteiger partial charge in [-0.15, -0.1) is 0 Å². The van der Waals surface area contributed by atoms with Crippen molar-refractivity contribution in [1.29, 1.82) is 0 Å². The van der Waals surface area contributed by atoms with Crippen LogP contribution in [0.2, 0.25) is 0 Å². The zero-order chi connectivity index (χ0) is 15.1. The number of hydrogen-bond acceptors (Lipinski definition) is 5. The molecule has 0 aliphatic carbocycles. The highest BCUT2D eigenvalue weighted by Crippen LogP contribution is 2.18. The first-order valence-corrected chi connectivity index (χ1v) is 5.74. The molecule has 0 radical (unpaired) electrons. The summed E-state index contributed by atoms with van der Waals surface area (Å²) in [4.78, 5) is 32.0. The zero-order valence-corrected chi connectivity index (χ0v) is 10.8. The van der Waals surface area contributed by atoms with E-state index in [-0.39, 0.29) is 18.8 Å². The summed E-state index contributed by atoms with van der Waals surface area (Å²) in [5, 5.41) is 21.5. The number of nitro benzene ring substituents is 1. The Hall–Kier alpha value is -2.48. The summed E-state index contributed by atoms with van der Waals surface area (Å²) in [7, 11) is 0. The summed E-state index contributed by atoms with van der Waals surface area (Å²) in [6, 6.07) is 4.05. The molecule has 0 aliphatic heterocycles. The maximum Gasteiger partial charge on any atom is 0.329 e. The highest BCUT2D eigenvalue weighted by Gasteiger charge is 2.13. The molecule has 0 heterocycles. The highest BCUT2D eigenvalue weighted by molar-refractivity contribution is 5.94. The molecule has 0 atom stereocenters. The van der Waals surface area contributed by atoms with Gasteiger partial charge in [-0.3, -0.25) is 14.9 Å². The predicted molar refractivity (Wildman–Crippen MR) is 68.6 cm³/mol. The van der Waals surface area contributed by atoms with Gasteiger partial charge in [-0.25, -0.2) is 4.79 Å². The summed E-state index contributed by atoms with van der Waals surface area (Å²) in [6.45, 7) is 1.35. The van der Waals surface area contributed by atoms with Gasteiger partial charge in [0.05, 0.1) is 11.5 Å². The van der Waals surface area contributed by atoms with Gasteiger partial charge in [0.1, 0.15) is 6.61 Å². The number of carboxylic acid groups (broad SMARTS) is 1. The van der Waals surface area contributed by atoms with Gasteiger partial charge in [0.15, 0.2) is 0 Å². The molecule has 20 heavy (non-hydrogen) atoms. The van der Waals surface area contributed by atoms with Crippen LogP contribution in [0.5, 0.6) is 0 Å². The van der Waals surface area contributed by atoms with E-state index in [1.165, 1.54) is 18.2 Å². The van der Waals surface area contributed by atoms with E-state index in [0.717, 1.165) is 0 Å². The molecule has 2 N–H and O–H groups in total. The quantitative estimate of drug-likeness (QED) is 0.432. The molecule has 0 aliphatic rings. The van der Waals surface area contributed by atoms with Gasteiger partial charge in [0.2, 0.25) is 0 Å². The van der Waals surface area contributed by atoms with Crippen molar-refractivity contribution in [2.24, 2.45) is 0 Å². The van der Waals surface area contributed by atoms with Crippen LogP contribution >= 0.6 is 0 Å². The van der Waals surface area contributed by atoms with Gasteiger partial charge >= 0.3 is 5.97 Å². The molecule has 0 unspecified atom stereocenters. The van der Waals surface area contributed by atoms with Gasteiger partial charge in [0.25, 0.3) is 11.6 Å². The Morgan fingerprint density at radius 2 is 2.15 bits per heavy atom. The van der Waals surface area contributed by atoms with Crippen molar-refractivity contribution in [3.63, 3.8) is 0 Å². The third-order valence-corrected chi connectivity index (χ3v) is 2.41. The fourth-order valence-corrected chi connectivity index (χ4v) is 1.50. The first-order valence-electron chi connectivity index (χ1n) is 5.74. The van der Waals surface area contributed by atoms with Crippen LogP contribution < -0.4 is 5.32 Å². The molecule has 8 nitrogen and oxygen atoms in total. The standard InChI is InChI=1S/C12H14N2O6/c1-8-6-9(2-3-10(8)14(18)19)12(17)13-4-5-20-7-11(15)16/h2-3,6H,4-5,7H2,1H3,(H,13,17)(H,15,16). The molecule has 1 rings (SSSR count). The van der Waals surface area contributed by atoms with Gasteiger partial charge in [-0.2, -0.15) is 0 Å². The molecule has 0 spiro atoms. The molecule has 0 fully saturated rings. The fourth-order valence-electron chi connectivity index (χ4n) is 1.50.